The summed E-state index contributed by atoms with van der Waals surface area (Å²) in [5.41, 5.74) is 2.98. The minimum absolute atomic E-state index is 0.0979. The Kier molecular flexibility index (Phi) is 5.98. The molecular weight excluding hydrogens is 416 g/mol. The molecule has 2 unspecified atom stereocenters. The van der Waals surface area contributed by atoms with E-state index in [4.69, 9.17) is 4.74 Å². The highest BCUT2D eigenvalue weighted by atomic mass is 16.5. The lowest BCUT2D eigenvalue weighted by Crippen LogP contribution is -2.56. The maximum absolute atomic E-state index is 12.7. The summed E-state index contributed by atoms with van der Waals surface area (Å²) < 4.78 is 6.43. The fourth-order valence-corrected chi connectivity index (χ4v) is 4.59. The molecule has 0 aliphatic carbocycles. The summed E-state index contributed by atoms with van der Waals surface area (Å²) >= 11 is 0. The van der Waals surface area contributed by atoms with Crippen molar-refractivity contribution in [3.05, 3.63) is 72.6 Å². The Morgan fingerprint density at radius 2 is 1.85 bits per heavy atom. The van der Waals surface area contributed by atoms with Gasteiger partial charge in [-0.2, -0.15) is 0 Å². The van der Waals surface area contributed by atoms with Crippen molar-refractivity contribution in [2.45, 2.75) is 25.7 Å². The van der Waals surface area contributed by atoms with Crippen molar-refractivity contribution in [2.24, 2.45) is 0 Å². The average molecular weight is 445 g/mol. The molecule has 0 saturated carbocycles. The van der Waals surface area contributed by atoms with Gasteiger partial charge in [-0.1, -0.05) is 30.3 Å². The second-order valence-electron chi connectivity index (χ2n) is 8.55. The molecule has 0 radical (unpaired) electrons. The number of carbonyl (C=O) groups is 1. The number of aliphatic hydroxyl groups is 1. The van der Waals surface area contributed by atoms with Gasteiger partial charge in [0.2, 0.25) is 5.91 Å². The van der Waals surface area contributed by atoms with Gasteiger partial charge in [0.05, 0.1) is 11.9 Å². The van der Waals surface area contributed by atoms with E-state index in [9.17, 15) is 9.90 Å². The molecular formula is C26H28N4O3. The van der Waals surface area contributed by atoms with Crippen molar-refractivity contribution < 1.29 is 14.6 Å². The second kappa shape index (κ2) is 9.21. The third-order valence-corrected chi connectivity index (χ3v) is 6.26. The first-order valence-electron chi connectivity index (χ1n) is 11.3. The van der Waals surface area contributed by atoms with Gasteiger partial charge in [-0.05, 0) is 36.8 Å². The monoisotopic (exact) mass is 444 g/mol. The van der Waals surface area contributed by atoms with Crippen LogP contribution < -0.4 is 4.74 Å². The number of hydrogen-bond donors (Lipinski definition) is 2. The Balaban J connectivity index is 1.30. The Bertz CT molecular complexity index is 1250. The molecule has 1 amide bonds. The average Bonchev–Trinajstić information content (AvgIpc) is 3.22. The first kappa shape index (κ1) is 21.4. The fraction of sp³-hybridized carbons (Fsp3) is 0.308. The minimum atomic E-state index is -0.692. The van der Waals surface area contributed by atoms with Crippen LogP contribution in [-0.2, 0) is 11.2 Å². The Morgan fingerprint density at radius 1 is 1.06 bits per heavy atom. The minimum Gasteiger partial charge on any atom is -0.472 e. The van der Waals surface area contributed by atoms with Gasteiger partial charge in [0.15, 0.2) is 6.23 Å². The van der Waals surface area contributed by atoms with Gasteiger partial charge in [0.25, 0.3) is 0 Å². The van der Waals surface area contributed by atoms with E-state index in [1.807, 2.05) is 53.4 Å². The quantitative estimate of drug-likeness (QED) is 0.477. The van der Waals surface area contributed by atoms with Gasteiger partial charge >= 0.3 is 0 Å². The highest BCUT2D eigenvalue weighted by Gasteiger charge is 2.30. The topological polar surface area (TPSA) is 81.7 Å². The molecule has 2 N–H and O–H groups in total. The number of carbonyl (C=O) groups excluding carboxylic acids is 1. The van der Waals surface area contributed by atoms with Crippen LogP contribution >= 0.6 is 0 Å². The number of para-hydroxylation sites is 1. The van der Waals surface area contributed by atoms with Crippen LogP contribution in [0.3, 0.4) is 0 Å². The van der Waals surface area contributed by atoms with Gasteiger partial charge in [-0.25, -0.2) is 0 Å². The Labute approximate surface area is 192 Å². The number of ether oxygens (including phenoxy) is 1. The van der Waals surface area contributed by atoms with Crippen molar-refractivity contribution in [1.29, 1.82) is 0 Å². The third-order valence-electron chi connectivity index (χ3n) is 6.26. The predicted octanol–water partition coefficient (Wildman–Crippen LogP) is 3.19. The van der Waals surface area contributed by atoms with Crippen LogP contribution in [-0.4, -0.2) is 69.3 Å². The molecule has 1 saturated heterocycles. The van der Waals surface area contributed by atoms with Crippen LogP contribution in [0.5, 0.6) is 5.75 Å². The highest BCUT2D eigenvalue weighted by molar-refractivity contribution is 6.10. The Hall–Kier alpha value is -3.42. The van der Waals surface area contributed by atoms with Crippen molar-refractivity contribution in [3.8, 4) is 5.75 Å². The Morgan fingerprint density at radius 3 is 2.61 bits per heavy atom. The molecule has 3 heterocycles. The summed E-state index contributed by atoms with van der Waals surface area (Å²) in [5.74, 6) is 0.839. The molecule has 2 atom stereocenters. The molecule has 7 heteroatoms. The van der Waals surface area contributed by atoms with E-state index in [1.165, 1.54) is 0 Å². The summed E-state index contributed by atoms with van der Waals surface area (Å²) in [6.45, 7) is 4.22. The summed E-state index contributed by atoms with van der Waals surface area (Å²) in [7, 11) is 0. The lowest BCUT2D eigenvalue weighted by Gasteiger charge is -2.40. The lowest BCUT2D eigenvalue weighted by atomic mass is 10.1. The number of rotatable bonds is 6. The normalized spacial score (nSPS) is 16.7. The third kappa shape index (κ3) is 4.42. The number of amides is 1. The van der Waals surface area contributed by atoms with Crippen LogP contribution in [0.15, 0.2) is 67.0 Å². The maximum atomic E-state index is 12.7. The number of hydrogen-bond acceptors (Lipinski definition) is 5. The number of aliphatic hydroxyl groups excluding tert-OH is 1. The summed E-state index contributed by atoms with van der Waals surface area (Å²) in [6.07, 6.45) is 2.60. The highest BCUT2D eigenvalue weighted by Crippen LogP contribution is 2.34. The van der Waals surface area contributed by atoms with E-state index >= 15 is 0 Å². The zero-order chi connectivity index (χ0) is 22.8. The fourth-order valence-electron chi connectivity index (χ4n) is 4.59. The van der Waals surface area contributed by atoms with E-state index in [2.05, 4.69) is 20.9 Å². The molecule has 1 fully saturated rings. The van der Waals surface area contributed by atoms with E-state index in [-0.39, 0.29) is 5.91 Å². The van der Waals surface area contributed by atoms with Gasteiger partial charge in [-0.3, -0.25) is 14.7 Å². The van der Waals surface area contributed by atoms with E-state index in [1.54, 1.807) is 19.3 Å². The molecule has 1 aliphatic rings. The zero-order valence-electron chi connectivity index (χ0n) is 18.6. The van der Waals surface area contributed by atoms with E-state index < -0.39 is 12.3 Å². The number of aromatic nitrogens is 2. The van der Waals surface area contributed by atoms with Crippen molar-refractivity contribution in [1.82, 2.24) is 19.8 Å². The number of pyridine rings is 1. The number of nitrogens with one attached hydrogen (secondary N) is 1. The predicted molar refractivity (Wildman–Crippen MR) is 128 cm³/mol. The number of aromatic amines is 1. The van der Waals surface area contributed by atoms with E-state index in [0.29, 0.717) is 32.6 Å². The van der Waals surface area contributed by atoms with Gasteiger partial charge in [-0.15, -0.1) is 0 Å². The largest absolute Gasteiger partial charge is 0.472 e. The van der Waals surface area contributed by atoms with Crippen molar-refractivity contribution in [2.75, 3.05) is 26.2 Å². The summed E-state index contributed by atoms with van der Waals surface area (Å²) in [5, 5.41) is 12.7. The SMILES string of the molecule is CC(O)C(Oc1cccc2[nH]c3ccccc3c12)N1CCN(C(=O)Cc2cccnc2)CC1. The van der Waals surface area contributed by atoms with Crippen LogP contribution in [0.4, 0.5) is 0 Å². The maximum Gasteiger partial charge on any atom is 0.227 e. The van der Waals surface area contributed by atoms with Gasteiger partial charge < -0.3 is 19.7 Å². The molecule has 33 heavy (non-hydrogen) atoms. The van der Waals surface area contributed by atoms with Crippen molar-refractivity contribution in [3.63, 3.8) is 0 Å². The van der Waals surface area contributed by atoms with Gasteiger partial charge in [0, 0.05) is 54.9 Å². The lowest BCUT2D eigenvalue weighted by molar-refractivity contribution is -0.135. The molecule has 5 rings (SSSR count). The molecule has 2 aromatic heterocycles. The second-order valence-corrected chi connectivity index (χ2v) is 8.55. The van der Waals surface area contributed by atoms with Crippen LogP contribution in [0.25, 0.3) is 21.8 Å². The van der Waals surface area contributed by atoms with Crippen LogP contribution in [0, 0.1) is 0 Å². The first-order valence-corrected chi connectivity index (χ1v) is 11.3. The number of piperazine rings is 1. The number of benzene rings is 2. The smallest absolute Gasteiger partial charge is 0.227 e. The molecule has 1 aliphatic heterocycles. The number of fused-ring (bicyclic) bond motifs is 3. The molecule has 0 spiro atoms. The summed E-state index contributed by atoms with van der Waals surface area (Å²) in [4.78, 5) is 24.2. The van der Waals surface area contributed by atoms with Crippen LogP contribution in [0.2, 0.25) is 0 Å². The van der Waals surface area contributed by atoms with Gasteiger partial charge in [0.1, 0.15) is 11.9 Å². The number of nitrogens with zero attached hydrogens (tertiary/aromatic N) is 3. The number of H-pyrrole nitrogens is 1. The molecule has 0 bridgehead atoms. The zero-order valence-corrected chi connectivity index (χ0v) is 18.6. The molecule has 2 aromatic carbocycles. The molecule has 7 nitrogen and oxygen atoms in total. The van der Waals surface area contributed by atoms with E-state index in [0.717, 1.165) is 33.1 Å². The molecule has 4 aromatic rings. The van der Waals surface area contributed by atoms with Crippen molar-refractivity contribution >= 4 is 27.7 Å². The standard InChI is InChI=1S/C26H28N4O3/c1-18(31)26(30-14-12-29(13-15-30)24(32)16-19-6-5-11-27-17-19)33-23-10-4-9-22-25(23)20-7-2-3-8-21(20)28-22/h2-11,17-18,26,28,31H,12-16H2,1H3. The molecule has 170 valence electrons. The summed E-state index contributed by atoms with van der Waals surface area (Å²) in [6, 6.07) is 17.9. The van der Waals surface area contributed by atoms with Crippen LogP contribution in [0.1, 0.15) is 12.5 Å². The first-order chi connectivity index (χ1) is 16.1.